The number of aromatic nitrogens is 2. The van der Waals surface area contributed by atoms with Crippen LogP contribution >= 0.6 is 0 Å². The van der Waals surface area contributed by atoms with Crippen LogP contribution in [-0.4, -0.2) is 21.5 Å². The fraction of sp³-hybridized carbons (Fsp3) is 0.160. The summed E-state index contributed by atoms with van der Waals surface area (Å²) in [6, 6.07) is 14.6. The summed E-state index contributed by atoms with van der Waals surface area (Å²) < 4.78 is 8.37. The van der Waals surface area contributed by atoms with Crippen molar-refractivity contribution in [2.75, 3.05) is 11.9 Å². The SMILES string of the molecule is C=CCOc1ccccc1[C@H]1C2=C(Nc3c1c(=O)n(C)c(=O)n3C)c1ccccc1C2=O. The lowest BCUT2D eigenvalue weighted by Crippen LogP contribution is -2.42. The van der Waals surface area contributed by atoms with Crippen molar-refractivity contribution < 1.29 is 9.53 Å². The molecule has 1 N–H and O–H groups in total. The highest BCUT2D eigenvalue weighted by Gasteiger charge is 2.43. The minimum Gasteiger partial charge on any atom is -0.489 e. The van der Waals surface area contributed by atoms with E-state index in [9.17, 15) is 14.4 Å². The first-order valence-corrected chi connectivity index (χ1v) is 10.2. The summed E-state index contributed by atoms with van der Waals surface area (Å²) in [4.78, 5) is 39.6. The number of benzene rings is 2. The van der Waals surface area contributed by atoms with Crippen LogP contribution in [0.1, 0.15) is 33.0 Å². The highest BCUT2D eigenvalue weighted by molar-refractivity contribution is 6.23. The van der Waals surface area contributed by atoms with Crippen LogP contribution in [0, 0.1) is 0 Å². The number of anilines is 1. The van der Waals surface area contributed by atoms with Crippen LogP contribution < -0.4 is 21.3 Å². The Morgan fingerprint density at radius 1 is 1.00 bits per heavy atom. The van der Waals surface area contributed by atoms with Crippen LogP contribution in [0.2, 0.25) is 0 Å². The van der Waals surface area contributed by atoms with E-state index < -0.39 is 17.2 Å². The number of nitrogens with one attached hydrogen (secondary N) is 1. The molecule has 1 aliphatic carbocycles. The lowest BCUT2D eigenvalue weighted by atomic mass is 9.81. The molecule has 0 unspecified atom stereocenters. The number of ether oxygens (including phenoxy) is 1. The number of fused-ring (bicyclic) bond motifs is 3. The normalized spacial score (nSPS) is 16.2. The van der Waals surface area contributed by atoms with Crippen molar-refractivity contribution in [1.29, 1.82) is 0 Å². The molecule has 0 fully saturated rings. The fourth-order valence-electron chi connectivity index (χ4n) is 4.57. The van der Waals surface area contributed by atoms with E-state index in [4.69, 9.17) is 4.74 Å². The number of carbonyl (C=O) groups excluding carboxylic acids is 1. The minimum absolute atomic E-state index is 0.145. The summed E-state index contributed by atoms with van der Waals surface area (Å²) in [5, 5.41) is 3.24. The van der Waals surface area contributed by atoms with Gasteiger partial charge < -0.3 is 10.1 Å². The molecule has 7 heteroatoms. The molecule has 2 aliphatic rings. The Labute approximate surface area is 183 Å². The van der Waals surface area contributed by atoms with Gasteiger partial charge in [-0.05, 0) is 6.07 Å². The van der Waals surface area contributed by atoms with Gasteiger partial charge in [-0.2, -0.15) is 0 Å². The Morgan fingerprint density at radius 2 is 1.69 bits per heavy atom. The molecule has 1 atom stereocenters. The highest BCUT2D eigenvalue weighted by Crippen LogP contribution is 2.49. The van der Waals surface area contributed by atoms with Crippen LogP contribution in [0.25, 0.3) is 5.70 Å². The van der Waals surface area contributed by atoms with Crippen LogP contribution in [-0.2, 0) is 14.1 Å². The molecule has 1 aliphatic heterocycles. The second-order valence-electron chi connectivity index (χ2n) is 7.83. The first kappa shape index (κ1) is 19.8. The third-order valence-corrected chi connectivity index (χ3v) is 6.06. The predicted molar refractivity (Wildman–Crippen MR) is 122 cm³/mol. The molecule has 2 heterocycles. The van der Waals surface area contributed by atoms with Crippen LogP contribution in [0.15, 0.2) is 76.3 Å². The van der Waals surface area contributed by atoms with Crippen molar-refractivity contribution in [1.82, 2.24) is 9.13 Å². The molecule has 7 nitrogen and oxygen atoms in total. The van der Waals surface area contributed by atoms with Crippen molar-refractivity contribution in [2.24, 2.45) is 14.1 Å². The van der Waals surface area contributed by atoms with E-state index >= 15 is 0 Å². The molecule has 160 valence electrons. The van der Waals surface area contributed by atoms with E-state index in [1.165, 1.54) is 11.6 Å². The van der Waals surface area contributed by atoms with E-state index in [0.717, 1.165) is 10.1 Å². The molecule has 32 heavy (non-hydrogen) atoms. The molecule has 0 spiro atoms. The zero-order chi connectivity index (χ0) is 22.6. The number of hydrogen-bond donors (Lipinski definition) is 1. The second-order valence-corrected chi connectivity index (χ2v) is 7.83. The number of para-hydroxylation sites is 1. The lowest BCUT2D eigenvalue weighted by molar-refractivity contribution is 0.103. The van der Waals surface area contributed by atoms with Crippen molar-refractivity contribution in [3.05, 3.63) is 110 Å². The Morgan fingerprint density at radius 3 is 2.44 bits per heavy atom. The molecule has 2 aromatic carbocycles. The molecular formula is C25H21N3O4. The standard InChI is InChI=1S/C25H21N3O4/c1-4-13-32-17-12-8-7-11-16(17)18-19-21(14-9-5-6-10-15(14)22(19)29)26-23-20(18)24(30)28(3)25(31)27(23)2/h4-12,18,26H,1,13H2,2-3H3/t18-/m0/s1. The van der Waals surface area contributed by atoms with Gasteiger partial charge in [0.1, 0.15) is 18.2 Å². The van der Waals surface area contributed by atoms with Gasteiger partial charge in [-0.15, -0.1) is 0 Å². The van der Waals surface area contributed by atoms with E-state index in [2.05, 4.69) is 11.9 Å². The van der Waals surface area contributed by atoms with E-state index in [1.54, 1.807) is 25.3 Å². The van der Waals surface area contributed by atoms with Gasteiger partial charge in [0.05, 0.1) is 17.2 Å². The summed E-state index contributed by atoms with van der Waals surface area (Å²) in [7, 11) is 3.05. The first-order chi connectivity index (χ1) is 15.5. The molecule has 5 rings (SSSR count). The van der Waals surface area contributed by atoms with Gasteiger partial charge >= 0.3 is 5.69 Å². The fourth-order valence-corrected chi connectivity index (χ4v) is 4.57. The van der Waals surface area contributed by atoms with Crippen molar-refractivity contribution >= 4 is 17.3 Å². The zero-order valence-electron chi connectivity index (χ0n) is 17.7. The molecular weight excluding hydrogens is 406 g/mol. The third-order valence-electron chi connectivity index (χ3n) is 6.06. The molecule has 0 radical (unpaired) electrons. The number of ketones is 1. The van der Waals surface area contributed by atoms with E-state index in [0.29, 0.717) is 39.5 Å². The van der Waals surface area contributed by atoms with Gasteiger partial charge in [-0.1, -0.05) is 55.1 Å². The molecule has 0 saturated carbocycles. The molecule has 0 amide bonds. The summed E-state index contributed by atoms with van der Waals surface area (Å²) in [5.41, 5.74) is 2.53. The van der Waals surface area contributed by atoms with Gasteiger partial charge in [0.25, 0.3) is 5.56 Å². The van der Waals surface area contributed by atoms with Crippen LogP contribution in [0.5, 0.6) is 5.75 Å². The Hall–Kier alpha value is -4.13. The molecule has 3 aromatic rings. The Bertz CT molecular complexity index is 1460. The summed E-state index contributed by atoms with van der Waals surface area (Å²) in [6.07, 6.45) is 1.64. The van der Waals surface area contributed by atoms with Gasteiger partial charge in [0.15, 0.2) is 5.78 Å². The number of rotatable bonds is 4. The number of allylic oxidation sites excluding steroid dienone is 1. The van der Waals surface area contributed by atoms with Gasteiger partial charge in [0.2, 0.25) is 0 Å². The Kier molecular flexibility index (Phi) is 4.48. The first-order valence-electron chi connectivity index (χ1n) is 10.2. The quantitative estimate of drug-likeness (QED) is 0.648. The van der Waals surface area contributed by atoms with E-state index in [1.807, 2.05) is 36.4 Å². The van der Waals surface area contributed by atoms with Gasteiger partial charge in [-0.3, -0.25) is 18.7 Å². The Balaban J connectivity index is 1.87. The predicted octanol–water partition coefficient (Wildman–Crippen LogP) is 2.81. The van der Waals surface area contributed by atoms with Crippen molar-refractivity contribution in [2.45, 2.75) is 5.92 Å². The molecule has 0 bridgehead atoms. The van der Waals surface area contributed by atoms with Gasteiger partial charge in [-0.25, -0.2) is 4.79 Å². The minimum atomic E-state index is -0.701. The topological polar surface area (TPSA) is 82.3 Å². The smallest absolute Gasteiger partial charge is 0.332 e. The lowest BCUT2D eigenvalue weighted by Gasteiger charge is -2.30. The summed E-state index contributed by atoms with van der Waals surface area (Å²) in [6.45, 7) is 3.98. The number of Topliss-reactive ketones (excluding diaryl/α,β-unsaturated/α-hetero) is 1. The monoisotopic (exact) mass is 427 g/mol. The maximum absolute atomic E-state index is 13.6. The van der Waals surface area contributed by atoms with Gasteiger partial charge in [0, 0.05) is 36.4 Å². The average molecular weight is 427 g/mol. The summed E-state index contributed by atoms with van der Waals surface area (Å²) >= 11 is 0. The third kappa shape index (κ3) is 2.64. The number of carbonyl (C=O) groups is 1. The zero-order valence-corrected chi connectivity index (χ0v) is 17.7. The summed E-state index contributed by atoms with van der Waals surface area (Å²) in [5.74, 6) is 0.0856. The van der Waals surface area contributed by atoms with Crippen molar-refractivity contribution in [3.8, 4) is 5.75 Å². The number of nitrogens with zero attached hydrogens (tertiary/aromatic N) is 2. The second kappa shape index (κ2) is 7.23. The molecule has 1 aromatic heterocycles. The average Bonchev–Trinajstić information content (AvgIpc) is 3.11. The number of hydrogen-bond acceptors (Lipinski definition) is 5. The molecule has 0 saturated heterocycles. The van der Waals surface area contributed by atoms with Crippen LogP contribution in [0.3, 0.4) is 0 Å². The van der Waals surface area contributed by atoms with Crippen molar-refractivity contribution in [3.63, 3.8) is 0 Å². The van der Waals surface area contributed by atoms with E-state index in [-0.39, 0.29) is 12.4 Å². The maximum atomic E-state index is 13.6. The highest BCUT2D eigenvalue weighted by atomic mass is 16.5. The van der Waals surface area contributed by atoms with Crippen LogP contribution in [0.4, 0.5) is 5.82 Å². The maximum Gasteiger partial charge on any atom is 0.332 e. The largest absolute Gasteiger partial charge is 0.489 e.